The van der Waals surface area contributed by atoms with Crippen LogP contribution in [0.3, 0.4) is 0 Å². The molecule has 0 saturated carbocycles. The summed E-state index contributed by atoms with van der Waals surface area (Å²) in [5.41, 5.74) is 1.22. The van der Waals surface area contributed by atoms with Gasteiger partial charge in [0.05, 0.1) is 6.61 Å². The van der Waals surface area contributed by atoms with Crippen LogP contribution in [0.1, 0.15) is 25.3 Å². The topological polar surface area (TPSA) is 39.6 Å². The molecule has 0 atom stereocenters. The van der Waals surface area contributed by atoms with Gasteiger partial charge in [0.2, 0.25) is 0 Å². The first-order chi connectivity index (χ1) is 8.83. The second-order valence-corrected chi connectivity index (χ2v) is 4.81. The number of nitrogens with zero attached hydrogens (tertiary/aromatic N) is 3. The van der Waals surface area contributed by atoms with Crippen LogP contribution in [0.5, 0.6) is 0 Å². The van der Waals surface area contributed by atoms with Gasteiger partial charge < -0.3 is 10.0 Å². The molecule has 0 radical (unpaired) electrons. The SMILES string of the molecule is CCN(CCO)Cc1ccc(N2CCCC2)nc1. The summed E-state index contributed by atoms with van der Waals surface area (Å²) >= 11 is 0. The van der Waals surface area contributed by atoms with Gasteiger partial charge in [0.1, 0.15) is 5.82 Å². The van der Waals surface area contributed by atoms with Gasteiger partial charge in [0.15, 0.2) is 0 Å². The van der Waals surface area contributed by atoms with Gasteiger partial charge in [-0.05, 0) is 31.0 Å². The highest BCUT2D eigenvalue weighted by Gasteiger charge is 2.13. The van der Waals surface area contributed by atoms with Crippen LogP contribution in [0.15, 0.2) is 18.3 Å². The van der Waals surface area contributed by atoms with Gasteiger partial charge in [0.25, 0.3) is 0 Å². The Morgan fingerprint density at radius 3 is 2.67 bits per heavy atom. The van der Waals surface area contributed by atoms with Gasteiger partial charge >= 0.3 is 0 Å². The van der Waals surface area contributed by atoms with Crippen molar-refractivity contribution in [2.75, 3.05) is 37.7 Å². The normalized spacial score (nSPS) is 15.6. The van der Waals surface area contributed by atoms with Gasteiger partial charge in [-0.25, -0.2) is 4.98 Å². The minimum Gasteiger partial charge on any atom is -0.395 e. The number of hydrogen-bond donors (Lipinski definition) is 1. The molecule has 1 saturated heterocycles. The molecule has 100 valence electrons. The Hall–Kier alpha value is -1.13. The van der Waals surface area contributed by atoms with E-state index in [9.17, 15) is 0 Å². The minimum absolute atomic E-state index is 0.215. The lowest BCUT2D eigenvalue weighted by Gasteiger charge is -2.20. The van der Waals surface area contributed by atoms with Crippen molar-refractivity contribution in [3.63, 3.8) is 0 Å². The van der Waals surface area contributed by atoms with E-state index >= 15 is 0 Å². The monoisotopic (exact) mass is 249 g/mol. The fraction of sp³-hybridized carbons (Fsp3) is 0.643. The van der Waals surface area contributed by atoms with Crippen LogP contribution in [-0.2, 0) is 6.54 Å². The van der Waals surface area contributed by atoms with Gasteiger partial charge in [-0.3, -0.25) is 4.90 Å². The number of aromatic nitrogens is 1. The van der Waals surface area contributed by atoms with Crippen molar-refractivity contribution in [2.24, 2.45) is 0 Å². The van der Waals surface area contributed by atoms with Gasteiger partial charge in [0, 0.05) is 32.4 Å². The molecule has 1 aliphatic heterocycles. The van der Waals surface area contributed by atoms with E-state index in [2.05, 4.69) is 33.8 Å². The zero-order chi connectivity index (χ0) is 12.8. The van der Waals surface area contributed by atoms with E-state index in [1.54, 1.807) is 0 Å². The molecule has 0 aromatic carbocycles. The molecule has 4 heteroatoms. The Kier molecular flexibility index (Phi) is 4.96. The molecule has 0 amide bonds. The standard InChI is InChI=1S/C14H23N3O/c1-2-16(9-10-18)12-13-5-6-14(15-11-13)17-7-3-4-8-17/h5-6,11,18H,2-4,7-10,12H2,1H3. The second kappa shape index (κ2) is 6.71. The highest BCUT2D eigenvalue weighted by Crippen LogP contribution is 2.17. The first kappa shape index (κ1) is 13.3. The summed E-state index contributed by atoms with van der Waals surface area (Å²) in [5.74, 6) is 1.10. The highest BCUT2D eigenvalue weighted by molar-refractivity contribution is 5.40. The van der Waals surface area contributed by atoms with Crippen LogP contribution in [0.2, 0.25) is 0 Å². The fourth-order valence-corrected chi connectivity index (χ4v) is 2.39. The van der Waals surface area contributed by atoms with E-state index in [1.807, 2.05) is 6.20 Å². The van der Waals surface area contributed by atoms with Crippen LogP contribution in [0, 0.1) is 0 Å². The van der Waals surface area contributed by atoms with Crippen molar-refractivity contribution in [1.82, 2.24) is 9.88 Å². The maximum absolute atomic E-state index is 8.97. The number of rotatable bonds is 6. The van der Waals surface area contributed by atoms with Crippen molar-refractivity contribution in [3.05, 3.63) is 23.9 Å². The summed E-state index contributed by atoms with van der Waals surface area (Å²) in [6, 6.07) is 4.27. The van der Waals surface area contributed by atoms with Crippen molar-refractivity contribution in [3.8, 4) is 0 Å². The lowest BCUT2D eigenvalue weighted by Crippen LogP contribution is -2.26. The predicted octanol–water partition coefficient (Wildman–Crippen LogP) is 1.50. The summed E-state index contributed by atoms with van der Waals surface area (Å²) in [4.78, 5) is 9.10. The zero-order valence-corrected chi connectivity index (χ0v) is 11.2. The summed E-state index contributed by atoms with van der Waals surface area (Å²) < 4.78 is 0. The molecule has 1 aromatic heterocycles. The third kappa shape index (κ3) is 3.43. The molecule has 1 aliphatic rings. The summed E-state index contributed by atoms with van der Waals surface area (Å²) in [6.07, 6.45) is 4.53. The van der Waals surface area contributed by atoms with Crippen LogP contribution in [0.25, 0.3) is 0 Å². The maximum Gasteiger partial charge on any atom is 0.128 e. The van der Waals surface area contributed by atoms with E-state index in [0.717, 1.165) is 38.5 Å². The molecule has 1 N–H and O–H groups in total. The predicted molar refractivity (Wildman–Crippen MR) is 73.7 cm³/mol. The fourth-order valence-electron chi connectivity index (χ4n) is 2.39. The zero-order valence-electron chi connectivity index (χ0n) is 11.2. The van der Waals surface area contributed by atoms with Gasteiger partial charge in [-0.2, -0.15) is 0 Å². The quantitative estimate of drug-likeness (QED) is 0.829. The molecule has 0 bridgehead atoms. The Bertz CT molecular complexity index is 347. The maximum atomic E-state index is 8.97. The van der Waals surface area contributed by atoms with Crippen LogP contribution in [0.4, 0.5) is 5.82 Å². The molecule has 2 heterocycles. The molecule has 4 nitrogen and oxygen atoms in total. The van der Waals surface area contributed by atoms with Crippen LogP contribution >= 0.6 is 0 Å². The summed E-state index contributed by atoms with van der Waals surface area (Å²) in [6.45, 7) is 7.15. The second-order valence-electron chi connectivity index (χ2n) is 4.81. The number of aliphatic hydroxyl groups excluding tert-OH is 1. The smallest absolute Gasteiger partial charge is 0.128 e. The Labute approximate surface area is 109 Å². The average molecular weight is 249 g/mol. The van der Waals surface area contributed by atoms with E-state index in [0.29, 0.717) is 0 Å². The Balaban J connectivity index is 1.94. The lowest BCUT2D eigenvalue weighted by molar-refractivity contribution is 0.196. The van der Waals surface area contributed by atoms with Crippen molar-refractivity contribution >= 4 is 5.82 Å². The van der Waals surface area contributed by atoms with Crippen LogP contribution in [-0.4, -0.2) is 47.8 Å². The minimum atomic E-state index is 0.215. The first-order valence-corrected chi connectivity index (χ1v) is 6.86. The third-order valence-electron chi connectivity index (χ3n) is 3.51. The number of aliphatic hydroxyl groups is 1. The largest absolute Gasteiger partial charge is 0.395 e. The number of pyridine rings is 1. The van der Waals surface area contributed by atoms with E-state index < -0.39 is 0 Å². The molecule has 0 aliphatic carbocycles. The molecule has 0 unspecified atom stereocenters. The summed E-state index contributed by atoms with van der Waals surface area (Å²) in [5, 5.41) is 8.97. The molecular weight excluding hydrogens is 226 g/mol. The first-order valence-electron chi connectivity index (χ1n) is 6.86. The summed E-state index contributed by atoms with van der Waals surface area (Å²) in [7, 11) is 0. The molecular formula is C14H23N3O. The molecule has 1 aromatic rings. The highest BCUT2D eigenvalue weighted by atomic mass is 16.3. The van der Waals surface area contributed by atoms with Crippen LogP contribution < -0.4 is 4.90 Å². The number of hydrogen-bond acceptors (Lipinski definition) is 4. The molecule has 2 rings (SSSR count). The number of likely N-dealkylation sites (N-methyl/N-ethyl adjacent to an activating group) is 1. The molecule has 18 heavy (non-hydrogen) atoms. The Morgan fingerprint density at radius 1 is 1.33 bits per heavy atom. The van der Waals surface area contributed by atoms with E-state index in [4.69, 9.17) is 5.11 Å². The lowest BCUT2D eigenvalue weighted by atomic mass is 10.2. The van der Waals surface area contributed by atoms with Gasteiger partial charge in [-0.1, -0.05) is 13.0 Å². The average Bonchev–Trinajstić information content (AvgIpc) is 2.93. The van der Waals surface area contributed by atoms with E-state index in [1.165, 1.54) is 18.4 Å². The van der Waals surface area contributed by atoms with Gasteiger partial charge in [-0.15, -0.1) is 0 Å². The van der Waals surface area contributed by atoms with Crippen molar-refractivity contribution < 1.29 is 5.11 Å². The van der Waals surface area contributed by atoms with Crippen molar-refractivity contribution in [2.45, 2.75) is 26.3 Å². The third-order valence-corrected chi connectivity index (χ3v) is 3.51. The van der Waals surface area contributed by atoms with E-state index in [-0.39, 0.29) is 6.61 Å². The molecule has 0 spiro atoms. The Morgan fingerprint density at radius 2 is 2.11 bits per heavy atom. The number of anilines is 1. The van der Waals surface area contributed by atoms with Crippen molar-refractivity contribution in [1.29, 1.82) is 0 Å². The molecule has 1 fully saturated rings.